The number of nitrogens with zero attached hydrogens (tertiary/aromatic N) is 1. The van der Waals surface area contributed by atoms with Crippen LogP contribution >= 0.6 is 0 Å². The Morgan fingerprint density at radius 1 is 1.57 bits per heavy atom. The minimum absolute atomic E-state index is 0.118. The number of pyridine rings is 1. The number of aromatic nitrogens is 1. The Hall–Kier alpha value is -1.42. The Labute approximate surface area is 82.2 Å². The van der Waals surface area contributed by atoms with Crippen molar-refractivity contribution in [1.29, 1.82) is 0 Å². The van der Waals surface area contributed by atoms with Gasteiger partial charge in [-0.05, 0) is 19.4 Å². The molecule has 4 heteroatoms. The second-order valence-corrected chi connectivity index (χ2v) is 3.21. The predicted molar refractivity (Wildman–Crippen MR) is 50.8 cm³/mol. The number of aryl methyl sites for hydroxylation is 1. The van der Waals surface area contributed by atoms with Gasteiger partial charge in [0.2, 0.25) is 0 Å². The fraction of sp³-hybridized carbons (Fsp3) is 0.400. The van der Waals surface area contributed by atoms with Gasteiger partial charge in [-0.1, -0.05) is 13.0 Å². The van der Waals surface area contributed by atoms with Gasteiger partial charge in [0, 0.05) is 17.5 Å². The second-order valence-electron chi connectivity index (χ2n) is 3.21. The molecule has 0 radical (unpaired) electrons. The molecule has 0 spiro atoms. The largest absolute Gasteiger partial charge is 0.479 e. The Morgan fingerprint density at radius 2 is 2.21 bits per heavy atom. The van der Waals surface area contributed by atoms with Crippen LogP contribution in [0.3, 0.4) is 0 Å². The lowest BCUT2D eigenvalue weighted by atomic mass is 9.92. The van der Waals surface area contributed by atoms with Crippen LogP contribution in [0.5, 0.6) is 0 Å². The van der Waals surface area contributed by atoms with Crippen molar-refractivity contribution in [2.75, 3.05) is 0 Å². The van der Waals surface area contributed by atoms with Crippen LogP contribution < -0.4 is 0 Å². The normalized spacial score (nSPS) is 14.8. The number of aliphatic carboxylic acids is 1. The Kier molecular flexibility index (Phi) is 2.86. The first-order chi connectivity index (χ1) is 6.50. The number of carboxylic acids is 1. The molecule has 1 atom stereocenters. The van der Waals surface area contributed by atoms with E-state index in [0.29, 0.717) is 5.56 Å². The van der Waals surface area contributed by atoms with Gasteiger partial charge in [0.05, 0.1) is 0 Å². The summed E-state index contributed by atoms with van der Waals surface area (Å²) >= 11 is 0. The van der Waals surface area contributed by atoms with E-state index >= 15 is 0 Å². The van der Waals surface area contributed by atoms with Crippen molar-refractivity contribution in [2.24, 2.45) is 0 Å². The van der Waals surface area contributed by atoms with Crippen molar-refractivity contribution in [1.82, 2.24) is 4.98 Å². The fourth-order valence-corrected chi connectivity index (χ4v) is 1.19. The van der Waals surface area contributed by atoms with Crippen LogP contribution in [0.1, 0.15) is 24.6 Å². The van der Waals surface area contributed by atoms with Crippen LogP contribution in [-0.2, 0) is 10.4 Å². The Balaban J connectivity index is 3.13. The van der Waals surface area contributed by atoms with Crippen molar-refractivity contribution in [2.45, 2.75) is 25.9 Å². The zero-order valence-corrected chi connectivity index (χ0v) is 8.19. The highest BCUT2D eigenvalue weighted by Gasteiger charge is 2.36. The first kappa shape index (κ1) is 10.7. The number of aliphatic hydroxyl groups is 1. The average molecular weight is 195 g/mol. The third kappa shape index (κ3) is 1.75. The zero-order chi connectivity index (χ0) is 10.8. The molecule has 4 nitrogen and oxygen atoms in total. The van der Waals surface area contributed by atoms with E-state index in [-0.39, 0.29) is 6.42 Å². The summed E-state index contributed by atoms with van der Waals surface area (Å²) in [6.45, 7) is 3.42. The van der Waals surface area contributed by atoms with Gasteiger partial charge >= 0.3 is 5.97 Å². The minimum atomic E-state index is -1.82. The van der Waals surface area contributed by atoms with E-state index < -0.39 is 11.6 Å². The Bertz CT molecular complexity index is 334. The van der Waals surface area contributed by atoms with Crippen molar-refractivity contribution in [3.8, 4) is 0 Å². The van der Waals surface area contributed by atoms with E-state index in [0.717, 1.165) is 5.69 Å². The summed E-state index contributed by atoms with van der Waals surface area (Å²) in [6.07, 6.45) is 1.51. The smallest absolute Gasteiger partial charge is 0.340 e. The number of hydrogen-bond acceptors (Lipinski definition) is 3. The van der Waals surface area contributed by atoms with Crippen LogP contribution in [0.15, 0.2) is 18.3 Å². The molecule has 0 aliphatic rings. The van der Waals surface area contributed by atoms with Crippen molar-refractivity contribution < 1.29 is 15.0 Å². The van der Waals surface area contributed by atoms with Gasteiger partial charge in [-0.3, -0.25) is 4.98 Å². The summed E-state index contributed by atoms with van der Waals surface area (Å²) < 4.78 is 0. The third-order valence-corrected chi connectivity index (χ3v) is 2.25. The van der Waals surface area contributed by atoms with Crippen LogP contribution in [0.25, 0.3) is 0 Å². The highest BCUT2D eigenvalue weighted by atomic mass is 16.4. The molecular formula is C10H13NO3. The van der Waals surface area contributed by atoms with Gasteiger partial charge in [-0.15, -0.1) is 0 Å². The molecule has 0 aliphatic heterocycles. The molecule has 0 saturated carbocycles. The summed E-state index contributed by atoms with van der Waals surface area (Å²) in [4.78, 5) is 14.8. The molecule has 1 aromatic rings. The number of carboxylic acid groups (broad SMARTS) is 1. The maximum absolute atomic E-state index is 10.9. The molecule has 1 heterocycles. The molecule has 76 valence electrons. The molecular weight excluding hydrogens is 182 g/mol. The predicted octanol–water partition coefficient (Wildman–Crippen LogP) is 1.07. The fourth-order valence-electron chi connectivity index (χ4n) is 1.19. The summed E-state index contributed by atoms with van der Waals surface area (Å²) in [5.74, 6) is -1.24. The van der Waals surface area contributed by atoms with Gasteiger partial charge in [-0.25, -0.2) is 4.79 Å². The highest BCUT2D eigenvalue weighted by Crippen LogP contribution is 2.24. The van der Waals surface area contributed by atoms with E-state index in [1.54, 1.807) is 26.0 Å². The number of rotatable bonds is 3. The van der Waals surface area contributed by atoms with Gasteiger partial charge in [0.15, 0.2) is 5.60 Å². The lowest BCUT2D eigenvalue weighted by Gasteiger charge is -2.21. The summed E-state index contributed by atoms with van der Waals surface area (Å²) in [5, 5.41) is 18.7. The molecule has 1 unspecified atom stereocenters. The quantitative estimate of drug-likeness (QED) is 0.756. The van der Waals surface area contributed by atoms with E-state index in [4.69, 9.17) is 5.11 Å². The summed E-state index contributed by atoms with van der Waals surface area (Å²) in [7, 11) is 0. The van der Waals surface area contributed by atoms with E-state index in [1.165, 1.54) is 6.20 Å². The average Bonchev–Trinajstić information content (AvgIpc) is 2.17. The molecule has 1 rings (SSSR count). The molecule has 0 saturated heterocycles. The summed E-state index contributed by atoms with van der Waals surface area (Å²) in [6, 6.07) is 3.26. The van der Waals surface area contributed by atoms with Crippen molar-refractivity contribution in [3.63, 3.8) is 0 Å². The van der Waals surface area contributed by atoms with Crippen molar-refractivity contribution in [3.05, 3.63) is 29.6 Å². The van der Waals surface area contributed by atoms with Crippen LogP contribution in [-0.4, -0.2) is 21.2 Å². The monoisotopic (exact) mass is 195 g/mol. The van der Waals surface area contributed by atoms with Crippen LogP contribution in [0.4, 0.5) is 0 Å². The number of hydrogen-bond donors (Lipinski definition) is 2. The first-order valence-electron chi connectivity index (χ1n) is 4.39. The van der Waals surface area contributed by atoms with Gasteiger partial charge in [0.1, 0.15) is 0 Å². The summed E-state index contributed by atoms with van der Waals surface area (Å²) in [5.41, 5.74) is -0.712. The highest BCUT2D eigenvalue weighted by molar-refractivity contribution is 5.78. The second kappa shape index (κ2) is 3.75. The Morgan fingerprint density at radius 3 is 2.57 bits per heavy atom. The van der Waals surface area contributed by atoms with Crippen LogP contribution in [0.2, 0.25) is 0 Å². The molecule has 14 heavy (non-hydrogen) atoms. The van der Waals surface area contributed by atoms with Gasteiger partial charge in [-0.2, -0.15) is 0 Å². The standard InChI is InChI=1S/C10H13NO3/c1-3-10(14,9(12)13)8-5-4-7(2)11-6-8/h4-6,14H,3H2,1-2H3,(H,12,13). The molecule has 2 N–H and O–H groups in total. The first-order valence-corrected chi connectivity index (χ1v) is 4.39. The van der Waals surface area contributed by atoms with E-state index in [9.17, 15) is 9.90 Å². The van der Waals surface area contributed by atoms with Crippen LogP contribution in [0, 0.1) is 6.92 Å². The molecule has 1 aromatic heterocycles. The molecule has 0 bridgehead atoms. The van der Waals surface area contributed by atoms with E-state index in [2.05, 4.69) is 4.98 Å². The van der Waals surface area contributed by atoms with Gasteiger partial charge < -0.3 is 10.2 Å². The maximum Gasteiger partial charge on any atom is 0.340 e. The van der Waals surface area contributed by atoms with Gasteiger partial charge in [0.25, 0.3) is 0 Å². The van der Waals surface area contributed by atoms with Crippen molar-refractivity contribution >= 4 is 5.97 Å². The molecule has 0 aromatic carbocycles. The molecule has 0 aliphatic carbocycles. The minimum Gasteiger partial charge on any atom is -0.479 e. The SMILES string of the molecule is CCC(O)(C(=O)O)c1ccc(C)nc1. The topological polar surface area (TPSA) is 70.4 Å². The number of carbonyl (C=O) groups is 1. The lowest BCUT2D eigenvalue weighted by Crippen LogP contribution is -2.34. The zero-order valence-electron chi connectivity index (χ0n) is 8.19. The van der Waals surface area contributed by atoms with E-state index in [1.807, 2.05) is 0 Å². The molecule has 0 fully saturated rings. The third-order valence-electron chi connectivity index (χ3n) is 2.25. The lowest BCUT2D eigenvalue weighted by molar-refractivity contribution is -0.160. The molecule has 0 amide bonds. The maximum atomic E-state index is 10.9.